The third-order valence-electron chi connectivity index (χ3n) is 2.32. The Balaban J connectivity index is 0.00000162. The summed E-state index contributed by atoms with van der Waals surface area (Å²) in [6, 6.07) is 10.2. The van der Waals surface area contributed by atoms with Gasteiger partial charge in [-0.2, -0.15) is 5.10 Å². The topological polar surface area (TPSA) is 82.2 Å². The first-order valence-corrected chi connectivity index (χ1v) is 5.34. The Morgan fingerprint density at radius 1 is 1.17 bits per heavy atom. The number of aliphatic imine (C=N–C) groups is 1. The molecule has 0 fully saturated rings. The van der Waals surface area contributed by atoms with Crippen LogP contribution in [0.15, 0.2) is 47.7 Å². The summed E-state index contributed by atoms with van der Waals surface area (Å²) < 4.78 is 1.87. The fourth-order valence-corrected chi connectivity index (χ4v) is 1.53. The third kappa shape index (κ3) is 4.36. The molecule has 6 heteroatoms. The average molecular weight is 357 g/mol. The summed E-state index contributed by atoms with van der Waals surface area (Å²) in [4.78, 5) is 3.93. The maximum Gasteiger partial charge on any atom is 0.186 e. The first-order chi connectivity index (χ1) is 8.24. The SMILES string of the molecule is I.NC(N)=NCc1cnn(Cc2ccccc2)c1. The number of guanidine groups is 1. The molecular formula is C12H16IN5. The molecular weight excluding hydrogens is 341 g/mol. The molecule has 0 aliphatic rings. The minimum Gasteiger partial charge on any atom is -0.370 e. The molecule has 0 aliphatic heterocycles. The lowest BCUT2D eigenvalue weighted by molar-refractivity contribution is 0.686. The monoisotopic (exact) mass is 357 g/mol. The van der Waals surface area contributed by atoms with E-state index in [0.717, 1.165) is 12.1 Å². The first kappa shape index (κ1) is 14.5. The molecule has 2 rings (SSSR count). The lowest BCUT2D eigenvalue weighted by atomic mass is 10.2. The van der Waals surface area contributed by atoms with E-state index in [4.69, 9.17) is 11.5 Å². The molecule has 0 radical (unpaired) electrons. The number of halogens is 1. The number of nitrogens with two attached hydrogens (primary N) is 2. The van der Waals surface area contributed by atoms with Crippen LogP contribution in [-0.4, -0.2) is 15.7 Å². The average Bonchev–Trinajstić information content (AvgIpc) is 2.75. The van der Waals surface area contributed by atoms with Crippen molar-refractivity contribution in [3.05, 3.63) is 53.9 Å². The summed E-state index contributed by atoms with van der Waals surface area (Å²) in [5, 5.41) is 4.26. The fourth-order valence-electron chi connectivity index (χ4n) is 1.53. The van der Waals surface area contributed by atoms with E-state index in [1.54, 1.807) is 6.20 Å². The van der Waals surface area contributed by atoms with Crippen molar-refractivity contribution < 1.29 is 0 Å². The zero-order chi connectivity index (χ0) is 12.1. The maximum atomic E-state index is 5.27. The van der Waals surface area contributed by atoms with Crippen molar-refractivity contribution >= 4 is 29.9 Å². The minimum atomic E-state index is 0. The van der Waals surface area contributed by atoms with Gasteiger partial charge in [0.25, 0.3) is 0 Å². The van der Waals surface area contributed by atoms with Gasteiger partial charge in [0.15, 0.2) is 5.96 Å². The van der Waals surface area contributed by atoms with E-state index in [9.17, 15) is 0 Å². The Morgan fingerprint density at radius 2 is 1.89 bits per heavy atom. The van der Waals surface area contributed by atoms with Gasteiger partial charge in [0.1, 0.15) is 0 Å². The Hall–Kier alpha value is -1.57. The summed E-state index contributed by atoms with van der Waals surface area (Å²) in [6.45, 7) is 1.22. The van der Waals surface area contributed by atoms with Gasteiger partial charge in [-0.3, -0.25) is 4.68 Å². The second-order valence-corrected chi connectivity index (χ2v) is 3.77. The van der Waals surface area contributed by atoms with Gasteiger partial charge in [-0.1, -0.05) is 30.3 Å². The van der Waals surface area contributed by atoms with Crippen molar-refractivity contribution in [3.8, 4) is 0 Å². The minimum absolute atomic E-state index is 0. The molecule has 0 unspecified atom stereocenters. The molecule has 0 bridgehead atoms. The molecule has 2 aromatic rings. The Kier molecular flexibility index (Phi) is 5.63. The normalized spacial score (nSPS) is 9.56. The quantitative estimate of drug-likeness (QED) is 0.492. The van der Waals surface area contributed by atoms with E-state index in [1.165, 1.54) is 5.56 Å². The van der Waals surface area contributed by atoms with E-state index in [0.29, 0.717) is 6.54 Å². The molecule has 18 heavy (non-hydrogen) atoms. The summed E-state index contributed by atoms with van der Waals surface area (Å²) in [7, 11) is 0. The molecule has 0 saturated carbocycles. The van der Waals surface area contributed by atoms with Gasteiger partial charge in [-0.25, -0.2) is 4.99 Å². The van der Waals surface area contributed by atoms with Gasteiger partial charge >= 0.3 is 0 Å². The number of nitrogens with zero attached hydrogens (tertiary/aromatic N) is 3. The second kappa shape index (κ2) is 7.00. The number of hydrogen-bond acceptors (Lipinski definition) is 2. The highest BCUT2D eigenvalue weighted by Crippen LogP contribution is 2.04. The van der Waals surface area contributed by atoms with E-state index in [2.05, 4.69) is 22.2 Å². The highest BCUT2D eigenvalue weighted by Gasteiger charge is 1.98. The van der Waals surface area contributed by atoms with Crippen molar-refractivity contribution in [2.24, 2.45) is 16.5 Å². The van der Waals surface area contributed by atoms with E-state index in [-0.39, 0.29) is 29.9 Å². The van der Waals surface area contributed by atoms with Crippen LogP contribution >= 0.6 is 24.0 Å². The highest BCUT2D eigenvalue weighted by molar-refractivity contribution is 14.0. The molecule has 1 aromatic heterocycles. The van der Waals surface area contributed by atoms with Crippen LogP contribution in [0.25, 0.3) is 0 Å². The van der Waals surface area contributed by atoms with Crippen LogP contribution in [0.1, 0.15) is 11.1 Å². The zero-order valence-corrected chi connectivity index (χ0v) is 12.2. The lowest BCUT2D eigenvalue weighted by Gasteiger charge is -2.00. The number of aromatic nitrogens is 2. The van der Waals surface area contributed by atoms with Gasteiger partial charge in [0.2, 0.25) is 0 Å². The largest absolute Gasteiger partial charge is 0.370 e. The molecule has 1 aromatic carbocycles. The smallest absolute Gasteiger partial charge is 0.186 e. The van der Waals surface area contributed by atoms with Crippen LogP contribution in [-0.2, 0) is 13.1 Å². The van der Waals surface area contributed by atoms with Crippen LogP contribution in [0.5, 0.6) is 0 Å². The van der Waals surface area contributed by atoms with Crippen LogP contribution in [0, 0.1) is 0 Å². The summed E-state index contributed by atoms with van der Waals surface area (Å²) in [5.74, 6) is 0.0980. The van der Waals surface area contributed by atoms with Crippen LogP contribution in [0.3, 0.4) is 0 Å². The lowest BCUT2D eigenvalue weighted by Crippen LogP contribution is -2.22. The molecule has 0 saturated heterocycles. The summed E-state index contributed by atoms with van der Waals surface area (Å²) >= 11 is 0. The van der Waals surface area contributed by atoms with Gasteiger partial charge in [0, 0.05) is 11.8 Å². The van der Waals surface area contributed by atoms with Gasteiger partial charge in [0.05, 0.1) is 19.3 Å². The van der Waals surface area contributed by atoms with Crippen LogP contribution < -0.4 is 11.5 Å². The molecule has 4 N–H and O–H groups in total. The van der Waals surface area contributed by atoms with Crippen LogP contribution in [0.2, 0.25) is 0 Å². The van der Waals surface area contributed by atoms with Crippen molar-refractivity contribution in [3.63, 3.8) is 0 Å². The number of rotatable bonds is 4. The molecule has 0 aliphatic carbocycles. The Labute approximate surface area is 123 Å². The van der Waals surface area contributed by atoms with E-state index >= 15 is 0 Å². The second-order valence-electron chi connectivity index (χ2n) is 3.77. The first-order valence-electron chi connectivity index (χ1n) is 5.34. The standard InChI is InChI=1S/C12H15N5.HI/c13-12(14)15-6-11-7-16-17(9-11)8-10-4-2-1-3-5-10;/h1-5,7,9H,6,8H2,(H4,13,14,15);1H. The fraction of sp³-hybridized carbons (Fsp3) is 0.167. The Morgan fingerprint density at radius 3 is 2.56 bits per heavy atom. The molecule has 1 heterocycles. The molecule has 5 nitrogen and oxygen atoms in total. The van der Waals surface area contributed by atoms with Crippen molar-refractivity contribution in [2.45, 2.75) is 13.1 Å². The number of benzene rings is 1. The van der Waals surface area contributed by atoms with Gasteiger partial charge in [-0.05, 0) is 5.56 Å². The Bertz CT molecular complexity index is 502. The van der Waals surface area contributed by atoms with Crippen molar-refractivity contribution in [1.82, 2.24) is 9.78 Å². The van der Waals surface area contributed by atoms with Crippen molar-refractivity contribution in [1.29, 1.82) is 0 Å². The van der Waals surface area contributed by atoms with E-state index in [1.807, 2.05) is 29.1 Å². The zero-order valence-electron chi connectivity index (χ0n) is 9.86. The number of hydrogen-bond donors (Lipinski definition) is 2. The predicted molar refractivity (Wildman–Crippen MR) is 82.7 cm³/mol. The highest BCUT2D eigenvalue weighted by atomic mass is 127. The van der Waals surface area contributed by atoms with Crippen LogP contribution in [0.4, 0.5) is 0 Å². The molecule has 0 amide bonds. The molecule has 0 spiro atoms. The summed E-state index contributed by atoms with van der Waals surface area (Å²) in [5.41, 5.74) is 12.7. The predicted octanol–water partition coefficient (Wildman–Crippen LogP) is 1.32. The summed E-state index contributed by atoms with van der Waals surface area (Å²) in [6.07, 6.45) is 3.72. The van der Waals surface area contributed by atoms with Gasteiger partial charge in [-0.15, -0.1) is 24.0 Å². The van der Waals surface area contributed by atoms with Crippen molar-refractivity contribution in [2.75, 3.05) is 0 Å². The third-order valence-corrected chi connectivity index (χ3v) is 2.32. The molecule has 96 valence electrons. The van der Waals surface area contributed by atoms with E-state index < -0.39 is 0 Å². The molecule has 0 atom stereocenters. The van der Waals surface area contributed by atoms with Gasteiger partial charge < -0.3 is 11.5 Å². The maximum absolute atomic E-state index is 5.27.